The fraction of sp³-hybridized carbons (Fsp3) is 0.0154. The Kier molecular flexibility index (Phi) is 9.40. The molecule has 3 nitrogen and oxygen atoms in total. The lowest BCUT2D eigenvalue weighted by Gasteiger charge is -2.35. The summed E-state index contributed by atoms with van der Waals surface area (Å²) in [6.45, 7) is 0. The normalized spacial score (nSPS) is 12.6. The quantitative estimate of drug-likeness (QED) is 0.144. The van der Waals surface area contributed by atoms with Gasteiger partial charge in [0, 0.05) is 39.4 Å². The second kappa shape index (κ2) is 16.2. The third kappa shape index (κ3) is 6.28. The number of anilines is 6. The third-order valence-corrected chi connectivity index (χ3v) is 13.9. The van der Waals surface area contributed by atoms with Gasteiger partial charge in [0.1, 0.15) is 5.75 Å². The zero-order valence-corrected chi connectivity index (χ0v) is 37.2. The Bertz CT molecular complexity index is 3550. The predicted molar refractivity (Wildman–Crippen MR) is 282 cm³/mol. The Labute approximate surface area is 397 Å². The Morgan fingerprint density at radius 3 is 1.50 bits per heavy atom. The molecule has 2 aliphatic rings. The van der Waals surface area contributed by atoms with Crippen molar-refractivity contribution in [2.45, 2.75) is 5.41 Å². The molecular weight excluding hydrogens is 825 g/mol. The fourth-order valence-electron chi connectivity index (χ4n) is 10.9. The highest BCUT2D eigenvalue weighted by Gasteiger charge is 2.46. The van der Waals surface area contributed by atoms with E-state index in [-0.39, 0.29) is 0 Å². The number of hydrogen-bond donors (Lipinski definition) is 0. The molecule has 1 aliphatic heterocycles. The zero-order chi connectivity index (χ0) is 45.0. The van der Waals surface area contributed by atoms with Gasteiger partial charge in [0.05, 0.1) is 11.1 Å². The van der Waals surface area contributed by atoms with Crippen LogP contribution in [0.2, 0.25) is 0 Å². The fourth-order valence-corrected chi connectivity index (χ4v) is 10.9. The van der Waals surface area contributed by atoms with Gasteiger partial charge in [-0.2, -0.15) is 0 Å². The summed E-state index contributed by atoms with van der Waals surface area (Å²) in [5.41, 5.74) is 17.7. The number of nitrogens with zero attached hydrogens (tertiary/aromatic N) is 2. The van der Waals surface area contributed by atoms with Crippen molar-refractivity contribution in [1.82, 2.24) is 0 Å². The van der Waals surface area contributed by atoms with Gasteiger partial charge in [0.25, 0.3) is 0 Å². The van der Waals surface area contributed by atoms with Crippen molar-refractivity contribution in [3.05, 3.63) is 289 Å². The van der Waals surface area contributed by atoms with Crippen LogP contribution in [-0.2, 0) is 5.41 Å². The van der Waals surface area contributed by atoms with Crippen LogP contribution in [0.1, 0.15) is 22.3 Å². The molecule has 320 valence electrons. The predicted octanol–water partition coefficient (Wildman–Crippen LogP) is 17.6. The minimum absolute atomic E-state index is 0.557. The molecule has 0 saturated carbocycles. The Morgan fingerprint density at radius 1 is 0.309 bits per heavy atom. The average molecular weight is 869 g/mol. The van der Waals surface area contributed by atoms with Gasteiger partial charge in [-0.05, 0) is 128 Å². The number of fused-ring (bicyclic) bond motifs is 5. The highest BCUT2D eigenvalue weighted by molar-refractivity contribution is 6.09. The zero-order valence-electron chi connectivity index (χ0n) is 37.2. The summed E-state index contributed by atoms with van der Waals surface area (Å²) in [5.74, 6) is 1.65. The molecule has 0 radical (unpaired) electrons. The molecule has 0 aromatic heterocycles. The van der Waals surface area contributed by atoms with E-state index in [1.165, 1.54) is 38.9 Å². The molecular formula is C65H44N2O. The van der Waals surface area contributed by atoms with E-state index in [4.69, 9.17) is 4.74 Å². The first-order chi connectivity index (χ1) is 33.7. The molecule has 11 aromatic carbocycles. The molecule has 0 N–H and O–H groups in total. The standard InChI is InChI=1S/C65H44N2O/c1-6-19-45(20-7-1)46-33-36-52(37-34-46)67(54-38-40-56-55-30-16-17-32-59(55)65(60(56)44-54,48-22-8-2-9-23-48)49-24-10-3-11-25-49)61-41-35-47-21-18-31-57-58-43-53(39-42-62(58)68-64(61)63(47)57)66(50-26-12-4-13-27-50)51-28-14-5-15-29-51/h1-44H. The SMILES string of the molecule is c1ccc(-c2ccc(N(c3ccc4c(c3)C(c3ccccc3)(c3ccccc3)c3ccccc3-4)c3ccc4cccc5c4c3Oc3ccc(N(c4ccccc4)c4ccccc4)cc3-5)cc2)cc1. The lowest BCUT2D eigenvalue weighted by Crippen LogP contribution is -2.28. The van der Waals surface area contributed by atoms with Gasteiger partial charge < -0.3 is 14.5 Å². The van der Waals surface area contributed by atoms with Crippen LogP contribution in [0.25, 0.3) is 44.2 Å². The minimum Gasteiger partial charge on any atom is -0.454 e. The molecule has 11 aromatic rings. The molecule has 1 aliphatic carbocycles. The van der Waals surface area contributed by atoms with Crippen LogP contribution >= 0.6 is 0 Å². The number of rotatable bonds is 9. The molecule has 0 spiro atoms. The number of benzene rings is 11. The molecule has 13 rings (SSSR count). The molecule has 0 saturated heterocycles. The van der Waals surface area contributed by atoms with Gasteiger partial charge >= 0.3 is 0 Å². The first kappa shape index (κ1) is 39.4. The van der Waals surface area contributed by atoms with Crippen LogP contribution in [0, 0.1) is 0 Å². The smallest absolute Gasteiger partial charge is 0.159 e. The average Bonchev–Trinajstić information content (AvgIpc) is 3.71. The molecule has 0 amide bonds. The summed E-state index contributed by atoms with van der Waals surface area (Å²) >= 11 is 0. The first-order valence-electron chi connectivity index (χ1n) is 23.3. The summed E-state index contributed by atoms with van der Waals surface area (Å²) < 4.78 is 7.31. The highest BCUT2D eigenvalue weighted by Crippen LogP contribution is 2.59. The summed E-state index contributed by atoms with van der Waals surface area (Å²) in [6.07, 6.45) is 0. The van der Waals surface area contributed by atoms with Crippen molar-refractivity contribution < 1.29 is 4.74 Å². The van der Waals surface area contributed by atoms with Crippen molar-refractivity contribution >= 4 is 44.9 Å². The van der Waals surface area contributed by atoms with Crippen LogP contribution < -0.4 is 14.5 Å². The lowest BCUT2D eigenvalue weighted by atomic mass is 9.67. The van der Waals surface area contributed by atoms with Gasteiger partial charge in [0.15, 0.2) is 5.75 Å². The molecule has 3 heteroatoms. The van der Waals surface area contributed by atoms with Crippen molar-refractivity contribution in [3.63, 3.8) is 0 Å². The highest BCUT2D eigenvalue weighted by atomic mass is 16.5. The van der Waals surface area contributed by atoms with Crippen LogP contribution in [0.5, 0.6) is 11.5 Å². The van der Waals surface area contributed by atoms with Gasteiger partial charge in [-0.25, -0.2) is 0 Å². The third-order valence-electron chi connectivity index (χ3n) is 13.9. The molecule has 1 heterocycles. The van der Waals surface area contributed by atoms with E-state index in [2.05, 4.69) is 277 Å². The van der Waals surface area contributed by atoms with E-state index in [0.29, 0.717) is 0 Å². The Balaban J connectivity index is 1.03. The van der Waals surface area contributed by atoms with Crippen LogP contribution in [0.3, 0.4) is 0 Å². The van der Waals surface area contributed by atoms with Gasteiger partial charge in [-0.1, -0.05) is 194 Å². The maximum Gasteiger partial charge on any atom is 0.159 e. The molecule has 68 heavy (non-hydrogen) atoms. The molecule has 0 atom stereocenters. The summed E-state index contributed by atoms with van der Waals surface area (Å²) in [6, 6.07) is 96.5. The maximum absolute atomic E-state index is 7.31. The largest absolute Gasteiger partial charge is 0.454 e. The van der Waals surface area contributed by atoms with Crippen LogP contribution in [0.15, 0.2) is 267 Å². The van der Waals surface area contributed by atoms with Gasteiger partial charge in [-0.15, -0.1) is 0 Å². The summed E-state index contributed by atoms with van der Waals surface area (Å²) in [5, 5.41) is 2.21. The lowest BCUT2D eigenvalue weighted by molar-refractivity contribution is 0.488. The first-order valence-corrected chi connectivity index (χ1v) is 23.3. The van der Waals surface area contributed by atoms with E-state index in [9.17, 15) is 0 Å². The summed E-state index contributed by atoms with van der Waals surface area (Å²) in [4.78, 5) is 4.71. The van der Waals surface area contributed by atoms with E-state index in [1.807, 2.05) is 0 Å². The maximum atomic E-state index is 7.31. The Morgan fingerprint density at radius 2 is 0.824 bits per heavy atom. The van der Waals surface area contributed by atoms with Crippen molar-refractivity contribution in [2.75, 3.05) is 9.80 Å². The number of hydrogen-bond acceptors (Lipinski definition) is 3. The van der Waals surface area contributed by atoms with E-state index >= 15 is 0 Å². The Hall–Kier alpha value is -8.92. The van der Waals surface area contributed by atoms with Crippen LogP contribution in [-0.4, -0.2) is 0 Å². The molecule has 0 unspecified atom stereocenters. The van der Waals surface area contributed by atoms with Crippen molar-refractivity contribution in [3.8, 4) is 44.9 Å². The van der Waals surface area contributed by atoms with Gasteiger partial charge in [-0.3, -0.25) is 0 Å². The van der Waals surface area contributed by atoms with E-state index in [0.717, 1.165) is 73.1 Å². The number of para-hydroxylation sites is 2. The topological polar surface area (TPSA) is 15.7 Å². The molecule has 0 bridgehead atoms. The van der Waals surface area contributed by atoms with E-state index < -0.39 is 5.41 Å². The summed E-state index contributed by atoms with van der Waals surface area (Å²) in [7, 11) is 0. The monoisotopic (exact) mass is 868 g/mol. The molecule has 0 fully saturated rings. The minimum atomic E-state index is -0.557. The van der Waals surface area contributed by atoms with Gasteiger partial charge in [0.2, 0.25) is 0 Å². The number of ether oxygens (including phenoxy) is 1. The second-order valence-electron chi connectivity index (χ2n) is 17.6. The van der Waals surface area contributed by atoms with Crippen molar-refractivity contribution in [2.24, 2.45) is 0 Å². The van der Waals surface area contributed by atoms with Crippen LogP contribution in [0.4, 0.5) is 34.1 Å². The van der Waals surface area contributed by atoms with E-state index in [1.54, 1.807) is 0 Å². The van der Waals surface area contributed by atoms with Crippen molar-refractivity contribution in [1.29, 1.82) is 0 Å². The second-order valence-corrected chi connectivity index (χ2v) is 17.6.